The Morgan fingerprint density at radius 2 is 2.10 bits per heavy atom. The van der Waals surface area contributed by atoms with Crippen LogP contribution in [-0.2, 0) is 7.05 Å². The van der Waals surface area contributed by atoms with Gasteiger partial charge in [-0.15, -0.1) is 11.3 Å². The van der Waals surface area contributed by atoms with Crippen LogP contribution in [-0.4, -0.2) is 20.7 Å². The van der Waals surface area contributed by atoms with Crippen LogP contribution in [0.5, 0.6) is 0 Å². The minimum absolute atomic E-state index is 0.221. The van der Waals surface area contributed by atoms with E-state index in [0.29, 0.717) is 16.4 Å². The fourth-order valence-corrected chi connectivity index (χ4v) is 2.54. The van der Waals surface area contributed by atoms with Crippen molar-refractivity contribution in [3.8, 4) is 11.3 Å². The third kappa shape index (κ3) is 2.92. The second-order valence-corrected chi connectivity index (χ2v) is 5.37. The van der Waals surface area contributed by atoms with Crippen molar-refractivity contribution < 1.29 is 4.79 Å². The molecule has 21 heavy (non-hydrogen) atoms. The number of carbonyl (C=O) groups excluding carboxylic acids is 1. The molecule has 0 fully saturated rings. The first kappa shape index (κ1) is 13.3. The molecule has 0 spiro atoms. The van der Waals surface area contributed by atoms with Crippen LogP contribution in [0.25, 0.3) is 11.3 Å². The van der Waals surface area contributed by atoms with E-state index in [9.17, 15) is 4.79 Å². The zero-order chi connectivity index (χ0) is 14.8. The molecule has 106 valence electrons. The first-order valence-corrected chi connectivity index (χ1v) is 7.11. The lowest BCUT2D eigenvalue weighted by molar-refractivity contribution is 0.102. The van der Waals surface area contributed by atoms with Gasteiger partial charge in [-0.25, -0.2) is 4.98 Å². The first-order valence-electron chi connectivity index (χ1n) is 6.23. The number of carbonyl (C=O) groups is 1. The predicted octanol–water partition coefficient (Wildman–Crippen LogP) is 2.38. The third-order valence-corrected chi connectivity index (χ3v) is 3.66. The van der Waals surface area contributed by atoms with Crippen molar-refractivity contribution in [2.24, 2.45) is 7.05 Å². The van der Waals surface area contributed by atoms with Gasteiger partial charge in [0.1, 0.15) is 0 Å². The summed E-state index contributed by atoms with van der Waals surface area (Å²) in [5.41, 5.74) is 8.64. The van der Waals surface area contributed by atoms with Gasteiger partial charge in [0.05, 0.1) is 17.5 Å². The fourth-order valence-electron chi connectivity index (χ4n) is 1.83. The summed E-state index contributed by atoms with van der Waals surface area (Å²) < 4.78 is 1.58. The van der Waals surface area contributed by atoms with Crippen LogP contribution >= 0.6 is 11.3 Å². The summed E-state index contributed by atoms with van der Waals surface area (Å²) in [5, 5.41) is 9.18. The van der Waals surface area contributed by atoms with Gasteiger partial charge >= 0.3 is 0 Å². The number of aryl methyl sites for hydroxylation is 1. The highest BCUT2D eigenvalue weighted by Crippen LogP contribution is 2.25. The maximum Gasteiger partial charge on any atom is 0.260 e. The third-order valence-electron chi connectivity index (χ3n) is 2.90. The second-order valence-electron chi connectivity index (χ2n) is 4.52. The highest BCUT2D eigenvalue weighted by molar-refractivity contribution is 7.14. The molecule has 2 aromatic heterocycles. The van der Waals surface area contributed by atoms with E-state index in [1.807, 2.05) is 29.6 Å². The Labute approximate surface area is 125 Å². The molecule has 0 saturated heterocycles. The standard InChI is InChI=1S/C14H13N5OS/c1-19-7-10(6-16-19)13(20)18-14-17-12(8-21-14)9-2-4-11(15)5-3-9/h2-8H,15H2,1H3,(H,17,18,20). The predicted molar refractivity (Wildman–Crippen MR) is 83.1 cm³/mol. The summed E-state index contributed by atoms with van der Waals surface area (Å²) in [5.74, 6) is -0.221. The lowest BCUT2D eigenvalue weighted by atomic mass is 10.1. The number of aromatic nitrogens is 3. The average molecular weight is 299 g/mol. The van der Waals surface area contributed by atoms with Gasteiger partial charge < -0.3 is 5.73 Å². The van der Waals surface area contributed by atoms with Crippen molar-refractivity contribution in [2.45, 2.75) is 0 Å². The van der Waals surface area contributed by atoms with E-state index in [4.69, 9.17) is 5.73 Å². The van der Waals surface area contributed by atoms with E-state index < -0.39 is 0 Å². The van der Waals surface area contributed by atoms with E-state index in [1.165, 1.54) is 17.5 Å². The minimum Gasteiger partial charge on any atom is -0.399 e. The normalized spacial score (nSPS) is 10.5. The van der Waals surface area contributed by atoms with Crippen molar-refractivity contribution in [3.05, 3.63) is 47.6 Å². The second kappa shape index (κ2) is 5.37. The Hall–Kier alpha value is -2.67. The van der Waals surface area contributed by atoms with Crippen LogP contribution in [0.3, 0.4) is 0 Å². The van der Waals surface area contributed by atoms with Crippen LogP contribution in [0.15, 0.2) is 42.0 Å². The van der Waals surface area contributed by atoms with Gasteiger partial charge in [0.15, 0.2) is 5.13 Å². The smallest absolute Gasteiger partial charge is 0.260 e. The number of hydrogen-bond donors (Lipinski definition) is 2. The number of nitrogen functional groups attached to an aromatic ring is 1. The zero-order valence-electron chi connectivity index (χ0n) is 11.3. The molecule has 7 heteroatoms. The Kier molecular flexibility index (Phi) is 3.41. The van der Waals surface area contributed by atoms with Crippen molar-refractivity contribution in [3.63, 3.8) is 0 Å². The van der Waals surface area contributed by atoms with Crippen LogP contribution in [0.4, 0.5) is 10.8 Å². The molecule has 3 N–H and O–H groups in total. The van der Waals surface area contributed by atoms with Crippen LogP contribution in [0.2, 0.25) is 0 Å². The number of thiazole rings is 1. The van der Waals surface area contributed by atoms with E-state index in [0.717, 1.165) is 11.3 Å². The summed E-state index contributed by atoms with van der Waals surface area (Å²) in [4.78, 5) is 16.4. The Balaban J connectivity index is 1.76. The molecule has 1 aromatic carbocycles. The molecular weight excluding hydrogens is 286 g/mol. The van der Waals surface area contributed by atoms with Gasteiger partial charge in [0, 0.05) is 29.9 Å². The summed E-state index contributed by atoms with van der Waals surface area (Å²) >= 11 is 1.38. The highest BCUT2D eigenvalue weighted by atomic mass is 32.1. The maximum absolute atomic E-state index is 12.0. The monoisotopic (exact) mass is 299 g/mol. The molecule has 0 aliphatic rings. The molecule has 0 saturated carbocycles. The quantitative estimate of drug-likeness (QED) is 0.727. The maximum atomic E-state index is 12.0. The van der Waals surface area contributed by atoms with E-state index in [2.05, 4.69) is 15.4 Å². The van der Waals surface area contributed by atoms with Gasteiger partial charge in [0.25, 0.3) is 5.91 Å². The lowest BCUT2D eigenvalue weighted by Crippen LogP contribution is -2.10. The largest absolute Gasteiger partial charge is 0.399 e. The van der Waals surface area contributed by atoms with Crippen LogP contribution in [0, 0.1) is 0 Å². The molecule has 0 bridgehead atoms. The molecule has 0 radical (unpaired) electrons. The number of benzene rings is 1. The van der Waals surface area contributed by atoms with E-state index in [1.54, 1.807) is 17.9 Å². The van der Waals surface area contributed by atoms with Crippen molar-refractivity contribution in [2.75, 3.05) is 11.1 Å². The Morgan fingerprint density at radius 3 is 2.76 bits per heavy atom. The fraction of sp³-hybridized carbons (Fsp3) is 0.0714. The molecule has 6 nitrogen and oxygen atoms in total. The average Bonchev–Trinajstić information content (AvgIpc) is 3.09. The van der Waals surface area contributed by atoms with E-state index >= 15 is 0 Å². The van der Waals surface area contributed by atoms with Crippen LogP contribution in [0.1, 0.15) is 10.4 Å². The molecular formula is C14H13N5OS. The number of hydrogen-bond acceptors (Lipinski definition) is 5. The van der Waals surface area contributed by atoms with Crippen molar-refractivity contribution in [1.82, 2.24) is 14.8 Å². The molecule has 0 aliphatic heterocycles. The summed E-state index contributed by atoms with van der Waals surface area (Å²) in [6, 6.07) is 7.44. The lowest BCUT2D eigenvalue weighted by Gasteiger charge is -1.99. The van der Waals surface area contributed by atoms with Gasteiger partial charge in [-0.2, -0.15) is 5.10 Å². The Bertz CT molecular complexity index is 775. The molecule has 0 aliphatic carbocycles. The first-order chi connectivity index (χ1) is 10.1. The molecule has 2 heterocycles. The molecule has 0 unspecified atom stereocenters. The topological polar surface area (TPSA) is 85.8 Å². The number of amides is 1. The van der Waals surface area contributed by atoms with Gasteiger partial charge in [-0.05, 0) is 12.1 Å². The zero-order valence-corrected chi connectivity index (χ0v) is 12.1. The molecule has 1 amide bonds. The molecule has 3 rings (SSSR count). The summed E-state index contributed by atoms with van der Waals surface area (Å²) in [6.07, 6.45) is 3.17. The molecule has 0 atom stereocenters. The van der Waals surface area contributed by atoms with Crippen molar-refractivity contribution in [1.29, 1.82) is 0 Å². The highest BCUT2D eigenvalue weighted by Gasteiger charge is 2.11. The summed E-state index contributed by atoms with van der Waals surface area (Å²) in [7, 11) is 1.76. The summed E-state index contributed by atoms with van der Waals surface area (Å²) in [6.45, 7) is 0. The number of nitrogens with zero attached hydrogens (tertiary/aromatic N) is 3. The number of nitrogens with one attached hydrogen (secondary N) is 1. The molecule has 3 aromatic rings. The van der Waals surface area contributed by atoms with Gasteiger partial charge in [0.2, 0.25) is 0 Å². The number of rotatable bonds is 3. The number of anilines is 2. The van der Waals surface area contributed by atoms with E-state index in [-0.39, 0.29) is 5.91 Å². The van der Waals surface area contributed by atoms with Crippen molar-refractivity contribution >= 4 is 28.1 Å². The van der Waals surface area contributed by atoms with Crippen LogP contribution < -0.4 is 11.1 Å². The van der Waals surface area contributed by atoms with Gasteiger partial charge in [-0.3, -0.25) is 14.8 Å². The number of nitrogens with two attached hydrogens (primary N) is 1. The van der Waals surface area contributed by atoms with Gasteiger partial charge in [-0.1, -0.05) is 12.1 Å². The Morgan fingerprint density at radius 1 is 1.33 bits per heavy atom. The minimum atomic E-state index is -0.221. The SMILES string of the molecule is Cn1cc(C(=O)Nc2nc(-c3ccc(N)cc3)cs2)cn1.